The van der Waals surface area contributed by atoms with Gasteiger partial charge in [-0.25, -0.2) is 0 Å². The first-order valence-corrected chi connectivity index (χ1v) is 7.78. The minimum Gasteiger partial charge on any atom is -0.350 e. The normalized spacial score (nSPS) is 17.1. The summed E-state index contributed by atoms with van der Waals surface area (Å²) in [7, 11) is 1.84. The van der Waals surface area contributed by atoms with Gasteiger partial charge in [0.05, 0.1) is 11.3 Å². The Labute approximate surface area is 130 Å². The van der Waals surface area contributed by atoms with Crippen LogP contribution in [0.5, 0.6) is 0 Å². The van der Waals surface area contributed by atoms with Crippen molar-refractivity contribution < 1.29 is 4.79 Å². The number of amides is 1. The SMILES string of the molecule is CCc1nn(C)cc1C(=O)NCC1Cc2ccccc2CN1. The number of carbonyl (C=O) groups is 1. The average molecular weight is 298 g/mol. The summed E-state index contributed by atoms with van der Waals surface area (Å²) in [6.07, 6.45) is 3.50. The fourth-order valence-electron chi connectivity index (χ4n) is 2.96. The second kappa shape index (κ2) is 6.32. The summed E-state index contributed by atoms with van der Waals surface area (Å²) in [6.45, 7) is 3.51. The number of hydrogen-bond donors (Lipinski definition) is 2. The van der Waals surface area contributed by atoms with Gasteiger partial charge in [0.2, 0.25) is 0 Å². The van der Waals surface area contributed by atoms with E-state index in [4.69, 9.17) is 0 Å². The maximum Gasteiger partial charge on any atom is 0.254 e. The zero-order valence-corrected chi connectivity index (χ0v) is 13.1. The Morgan fingerprint density at radius 3 is 2.95 bits per heavy atom. The molecular formula is C17H22N4O. The lowest BCUT2D eigenvalue weighted by molar-refractivity contribution is 0.0948. The van der Waals surface area contributed by atoms with E-state index in [9.17, 15) is 4.79 Å². The van der Waals surface area contributed by atoms with Gasteiger partial charge in [0.1, 0.15) is 0 Å². The molecular weight excluding hydrogens is 276 g/mol. The molecule has 2 heterocycles. The summed E-state index contributed by atoms with van der Waals surface area (Å²) in [5, 5.41) is 10.8. The standard InChI is InChI=1S/C17H22N4O/c1-3-16-15(11-21(2)20-16)17(22)19-10-14-8-12-6-4-5-7-13(12)9-18-14/h4-7,11,14,18H,3,8-10H2,1-2H3,(H,19,22). The molecule has 0 spiro atoms. The molecule has 116 valence electrons. The highest BCUT2D eigenvalue weighted by atomic mass is 16.1. The molecule has 5 heteroatoms. The Kier molecular flexibility index (Phi) is 4.24. The lowest BCUT2D eigenvalue weighted by Gasteiger charge is -2.26. The predicted molar refractivity (Wildman–Crippen MR) is 85.7 cm³/mol. The summed E-state index contributed by atoms with van der Waals surface area (Å²) in [6, 6.07) is 8.74. The zero-order chi connectivity index (χ0) is 15.5. The minimum atomic E-state index is -0.0365. The third-order valence-electron chi connectivity index (χ3n) is 4.16. The number of hydrogen-bond acceptors (Lipinski definition) is 3. The van der Waals surface area contributed by atoms with E-state index in [0.717, 1.165) is 25.1 Å². The van der Waals surface area contributed by atoms with Crippen molar-refractivity contribution in [3.8, 4) is 0 Å². The Balaban J connectivity index is 1.60. The summed E-state index contributed by atoms with van der Waals surface area (Å²) in [5.41, 5.74) is 4.25. The van der Waals surface area contributed by atoms with Crippen molar-refractivity contribution in [2.24, 2.45) is 7.05 Å². The van der Waals surface area contributed by atoms with Crippen LogP contribution < -0.4 is 10.6 Å². The molecule has 0 saturated carbocycles. The maximum atomic E-state index is 12.3. The molecule has 1 amide bonds. The molecule has 1 aliphatic heterocycles. The molecule has 1 aromatic heterocycles. The topological polar surface area (TPSA) is 59.0 Å². The van der Waals surface area contributed by atoms with Crippen molar-refractivity contribution in [1.82, 2.24) is 20.4 Å². The van der Waals surface area contributed by atoms with Crippen LogP contribution in [0.25, 0.3) is 0 Å². The van der Waals surface area contributed by atoms with E-state index in [2.05, 4.69) is 40.0 Å². The number of nitrogens with one attached hydrogen (secondary N) is 2. The second-order valence-corrected chi connectivity index (χ2v) is 5.78. The summed E-state index contributed by atoms with van der Waals surface area (Å²) >= 11 is 0. The predicted octanol–water partition coefficient (Wildman–Crippen LogP) is 1.43. The van der Waals surface area contributed by atoms with E-state index in [1.165, 1.54) is 11.1 Å². The lowest BCUT2D eigenvalue weighted by Crippen LogP contribution is -2.44. The Morgan fingerprint density at radius 1 is 1.41 bits per heavy atom. The van der Waals surface area contributed by atoms with Gasteiger partial charge in [0.25, 0.3) is 5.91 Å². The van der Waals surface area contributed by atoms with Gasteiger partial charge < -0.3 is 10.6 Å². The highest BCUT2D eigenvalue weighted by molar-refractivity contribution is 5.95. The molecule has 5 nitrogen and oxygen atoms in total. The number of carbonyl (C=O) groups excluding carboxylic acids is 1. The Hall–Kier alpha value is -2.14. The number of nitrogens with zero attached hydrogens (tertiary/aromatic N) is 2. The van der Waals surface area contributed by atoms with Crippen LogP contribution >= 0.6 is 0 Å². The van der Waals surface area contributed by atoms with Crippen molar-refractivity contribution in [2.45, 2.75) is 32.4 Å². The first kappa shape index (κ1) is 14.8. The highest BCUT2D eigenvalue weighted by Crippen LogP contribution is 2.16. The third kappa shape index (κ3) is 3.04. The van der Waals surface area contributed by atoms with Crippen LogP contribution in [0.3, 0.4) is 0 Å². The van der Waals surface area contributed by atoms with E-state index in [-0.39, 0.29) is 11.9 Å². The third-order valence-corrected chi connectivity index (χ3v) is 4.16. The van der Waals surface area contributed by atoms with Crippen molar-refractivity contribution in [1.29, 1.82) is 0 Å². The molecule has 0 radical (unpaired) electrons. The van der Waals surface area contributed by atoms with E-state index in [1.807, 2.05) is 14.0 Å². The van der Waals surface area contributed by atoms with Gasteiger partial charge >= 0.3 is 0 Å². The van der Waals surface area contributed by atoms with Gasteiger partial charge in [0.15, 0.2) is 0 Å². The summed E-state index contributed by atoms with van der Waals surface area (Å²) in [5.74, 6) is -0.0365. The molecule has 3 rings (SSSR count). The van der Waals surface area contributed by atoms with Crippen LogP contribution in [0, 0.1) is 0 Å². The summed E-state index contributed by atoms with van der Waals surface area (Å²) in [4.78, 5) is 12.3. The second-order valence-electron chi connectivity index (χ2n) is 5.78. The molecule has 0 bridgehead atoms. The smallest absolute Gasteiger partial charge is 0.254 e. The lowest BCUT2D eigenvalue weighted by atomic mass is 9.96. The number of aryl methyl sites for hydroxylation is 2. The first-order valence-electron chi connectivity index (χ1n) is 7.78. The molecule has 0 fully saturated rings. The van der Waals surface area contributed by atoms with E-state index in [1.54, 1.807) is 10.9 Å². The van der Waals surface area contributed by atoms with Gasteiger partial charge in [-0.2, -0.15) is 5.10 Å². The van der Waals surface area contributed by atoms with Crippen LogP contribution in [0.15, 0.2) is 30.5 Å². The van der Waals surface area contributed by atoms with Crippen molar-refractivity contribution in [3.63, 3.8) is 0 Å². The van der Waals surface area contributed by atoms with Crippen LogP contribution in [0.4, 0.5) is 0 Å². The highest BCUT2D eigenvalue weighted by Gasteiger charge is 2.19. The van der Waals surface area contributed by atoms with Crippen molar-refractivity contribution in [2.75, 3.05) is 6.54 Å². The molecule has 2 aromatic rings. The largest absolute Gasteiger partial charge is 0.350 e. The van der Waals surface area contributed by atoms with Crippen LogP contribution in [-0.4, -0.2) is 28.3 Å². The fourth-order valence-corrected chi connectivity index (χ4v) is 2.96. The van der Waals surface area contributed by atoms with Crippen LogP contribution in [0.2, 0.25) is 0 Å². The molecule has 1 aliphatic rings. The van der Waals surface area contributed by atoms with E-state index < -0.39 is 0 Å². The summed E-state index contributed by atoms with van der Waals surface area (Å²) < 4.78 is 1.70. The average Bonchev–Trinajstić information content (AvgIpc) is 2.93. The monoisotopic (exact) mass is 298 g/mol. The van der Waals surface area contributed by atoms with Crippen LogP contribution in [-0.2, 0) is 26.4 Å². The quantitative estimate of drug-likeness (QED) is 0.897. The number of benzene rings is 1. The van der Waals surface area contributed by atoms with Crippen LogP contribution in [0.1, 0.15) is 34.1 Å². The molecule has 1 atom stereocenters. The van der Waals surface area contributed by atoms with Gasteiger partial charge in [-0.05, 0) is 24.0 Å². The Morgan fingerprint density at radius 2 is 2.18 bits per heavy atom. The number of fused-ring (bicyclic) bond motifs is 1. The van der Waals surface area contributed by atoms with Gasteiger partial charge in [0, 0.05) is 32.4 Å². The first-order chi connectivity index (χ1) is 10.7. The molecule has 0 aliphatic carbocycles. The van der Waals surface area contributed by atoms with Gasteiger partial charge in [-0.1, -0.05) is 31.2 Å². The number of rotatable bonds is 4. The molecule has 1 aromatic carbocycles. The maximum absolute atomic E-state index is 12.3. The zero-order valence-electron chi connectivity index (χ0n) is 13.1. The van der Waals surface area contributed by atoms with E-state index in [0.29, 0.717) is 12.1 Å². The van der Waals surface area contributed by atoms with Gasteiger partial charge in [-0.3, -0.25) is 9.48 Å². The molecule has 1 unspecified atom stereocenters. The van der Waals surface area contributed by atoms with Crippen molar-refractivity contribution >= 4 is 5.91 Å². The Bertz CT molecular complexity index is 677. The molecule has 2 N–H and O–H groups in total. The molecule has 22 heavy (non-hydrogen) atoms. The fraction of sp³-hybridized carbons (Fsp3) is 0.412. The number of aromatic nitrogens is 2. The minimum absolute atomic E-state index is 0.0365. The van der Waals surface area contributed by atoms with E-state index >= 15 is 0 Å². The van der Waals surface area contributed by atoms with Crippen molar-refractivity contribution in [3.05, 3.63) is 52.8 Å². The van der Waals surface area contributed by atoms with Gasteiger partial charge in [-0.15, -0.1) is 0 Å². The molecule has 0 saturated heterocycles.